The van der Waals surface area contributed by atoms with Crippen LogP contribution in [0.25, 0.3) is 0 Å². The minimum absolute atomic E-state index is 0.0925. The molecule has 1 aromatic rings. The summed E-state index contributed by atoms with van der Waals surface area (Å²) in [6.45, 7) is 3.42. The van der Waals surface area contributed by atoms with E-state index in [1.165, 1.54) is 30.3 Å². The van der Waals surface area contributed by atoms with Crippen molar-refractivity contribution < 1.29 is 23.1 Å². The minimum Gasteiger partial charge on any atom is -0.480 e. The van der Waals surface area contributed by atoms with Crippen LogP contribution in [0.4, 0.5) is 0 Å². The molecule has 7 heteroatoms. The molecule has 20 heavy (non-hydrogen) atoms. The molecule has 0 saturated heterocycles. The Morgan fingerprint density at radius 1 is 1.35 bits per heavy atom. The SMILES string of the molecule is C=CCC(NC(=O)c1ccc(S(C)(=O)=O)cc1)C(=O)O. The molecule has 6 nitrogen and oxygen atoms in total. The molecular weight excluding hydrogens is 282 g/mol. The Balaban J connectivity index is 2.87. The number of rotatable bonds is 6. The van der Waals surface area contributed by atoms with Gasteiger partial charge in [0.05, 0.1) is 4.90 Å². The summed E-state index contributed by atoms with van der Waals surface area (Å²) in [6, 6.07) is 4.20. The Labute approximate surface area is 117 Å². The van der Waals surface area contributed by atoms with Crippen molar-refractivity contribution in [2.45, 2.75) is 17.4 Å². The third-order valence-corrected chi connectivity index (χ3v) is 3.68. The van der Waals surface area contributed by atoms with Gasteiger partial charge in [-0.15, -0.1) is 6.58 Å². The highest BCUT2D eigenvalue weighted by atomic mass is 32.2. The molecule has 2 N–H and O–H groups in total. The van der Waals surface area contributed by atoms with E-state index >= 15 is 0 Å². The number of carbonyl (C=O) groups excluding carboxylic acids is 1. The largest absolute Gasteiger partial charge is 0.480 e. The van der Waals surface area contributed by atoms with Crippen molar-refractivity contribution >= 4 is 21.7 Å². The van der Waals surface area contributed by atoms with Crippen molar-refractivity contribution in [1.82, 2.24) is 5.32 Å². The first-order valence-electron chi connectivity index (χ1n) is 5.70. The second-order valence-corrected chi connectivity index (χ2v) is 6.20. The lowest BCUT2D eigenvalue weighted by Gasteiger charge is -2.12. The first-order chi connectivity index (χ1) is 9.25. The van der Waals surface area contributed by atoms with Crippen molar-refractivity contribution in [2.24, 2.45) is 0 Å². The van der Waals surface area contributed by atoms with Gasteiger partial charge >= 0.3 is 5.97 Å². The maximum atomic E-state index is 11.8. The molecule has 0 saturated carbocycles. The standard InChI is InChI=1S/C13H15NO5S/c1-3-4-11(13(16)17)14-12(15)9-5-7-10(8-6-9)20(2,18)19/h3,5-8,11H,1,4H2,2H3,(H,14,15)(H,16,17). The van der Waals surface area contributed by atoms with Gasteiger partial charge < -0.3 is 10.4 Å². The molecule has 0 aliphatic rings. The number of carboxylic acids is 1. The van der Waals surface area contributed by atoms with E-state index in [-0.39, 0.29) is 16.9 Å². The Morgan fingerprint density at radius 3 is 2.30 bits per heavy atom. The van der Waals surface area contributed by atoms with Crippen molar-refractivity contribution in [1.29, 1.82) is 0 Å². The number of nitrogens with one attached hydrogen (secondary N) is 1. The smallest absolute Gasteiger partial charge is 0.326 e. The fourth-order valence-electron chi connectivity index (χ4n) is 1.48. The number of carbonyl (C=O) groups is 2. The molecule has 0 bridgehead atoms. The lowest BCUT2D eigenvalue weighted by atomic mass is 10.1. The quantitative estimate of drug-likeness (QED) is 0.758. The van der Waals surface area contributed by atoms with Crippen LogP contribution in [0.3, 0.4) is 0 Å². The van der Waals surface area contributed by atoms with Gasteiger partial charge in [-0.1, -0.05) is 6.08 Å². The van der Waals surface area contributed by atoms with Gasteiger partial charge in [0, 0.05) is 11.8 Å². The molecule has 0 aromatic heterocycles. The van der Waals surface area contributed by atoms with Gasteiger partial charge in [-0.2, -0.15) is 0 Å². The number of hydrogen-bond donors (Lipinski definition) is 2. The molecule has 1 amide bonds. The summed E-state index contributed by atoms with van der Waals surface area (Å²) < 4.78 is 22.6. The number of benzene rings is 1. The Kier molecular flexibility index (Phi) is 5.04. The third-order valence-electron chi connectivity index (χ3n) is 2.55. The number of sulfone groups is 1. The van der Waals surface area contributed by atoms with Crippen molar-refractivity contribution in [2.75, 3.05) is 6.26 Å². The second-order valence-electron chi connectivity index (χ2n) is 4.19. The Bertz CT molecular complexity index is 619. The summed E-state index contributed by atoms with van der Waals surface area (Å²) in [5, 5.41) is 11.2. The first kappa shape index (κ1) is 15.9. The maximum absolute atomic E-state index is 11.8. The lowest BCUT2D eigenvalue weighted by molar-refractivity contribution is -0.139. The van der Waals surface area contributed by atoms with Crippen LogP contribution in [-0.4, -0.2) is 37.7 Å². The molecule has 1 atom stereocenters. The molecule has 1 unspecified atom stereocenters. The van der Waals surface area contributed by atoms with Gasteiger partial charge in [0.2, 0.25) is 0 Å². The van der Waals surface area contributed by atoms with E-state index < -0.39 is 27.8 Å². The van der Waals surface area contributed by atoms with Gasteiger partial charge in [0.15, 0.2) is 9.84 Å². The van der Waals surface area contributed by atoms with Crippen LogP contribution in [0, 0.1) is 0 Å². The number of aliphatic carboxylic acids is 1. The van der Waals surface area contributed by atoms with Gasteiger partial charge in [0.25, 0.3) is 5.91 Å². The molecule has 0 aliphatic carbocycles. The summed E-state index contributed by atoms with van der Waals surface area (Å²) in [6.07, 6.45) is 2.56. The molecule has 0 aliphatic heterocycles. The zero-order chi connectivity index (χ0) is 15.3. The van der Waals surface area contributed by atoms with E-state index in [0.29, 0.717) is 0 Å². The van der Waals surface area contributed by atoms with Crippen LogP contribution in [0.15, 0.2) is 41.8 Å². The summed E-state index contributed by atoms with van der Waals surface area (Å²) in [4.78, 5) is 22.8. The van der Waals surface area contributed by atoms with Crippen LogP contribution in [-0.2, 0) is 14.6 Å². The molecule has 0 spiro atoms. The summed E-state index contributed by atoms with van der Waals surface area (Å²) in [7, 11) is -3.33. The van der Waals surface area contributed by atoms with E-state index in [9.17, 15) is 18.0 Å². The van der Waals surface area contributed by atoms with E-state index in [1.807, 2.05) is 0 Å². The van der Waals surface area contributed by atoms with E-state index in [0.717, 1.165) is 6.26 Å². The van der Waals surface area contributed by atoms with E-state index in [4.69, 9.17) is 5.11 Å². The van der Waals surface area contributed by atoms with Crippen LogP contribution in [0.2, 0.25) is 0 Å². The van der Waals surface area contributed by atoms with Gasteiger partial charge in [0.1, 0.15) is 6.04 Å². The van der Waals surface area contributed by atoms with Gasteiger partial charge in [-0.3, -0.25) is 4.79 Å². The summed E-state index contributed by atoms with van der Waals surface area (Å²) >= 11 is 0. The highest BCUT2D eigenvalue weighted by Gasteiger charge is 2.19. The van der Waals surface area contributed by atoms with E-state index in [2.05, 4.69) is 11.9 Å². The molecule has 1 rings (SSSR count). The zero-order valence-electron chi connectivity index (χ0n) is 10.9. The molecule has 1 aromatic carbocycles. The van der Waals surface area contributed by atoms with Crippen LogP contribution < -0.4 is 5.32 Å². The third kappa shape index (κ3) is 4.20. The van der Waals surface area contributed by atoms with Crippen molar-refractivity contribution in [3.63, 3.8) is 0 Å². The number of amides is 1. The minimum atomic E-state index is -3.33. The predicted molar refractivity (Wildman–Crippen MR) is 73.3 cm³/mol. The molecule has 0 fully saturated rings. The lowest BCUT2D eigenvalue weighted by Crippen LogP contribution is -2.40. The highest BCUT2D eigenvalue weighted by Crippen LogP contribution is 2.10. The predicted octanol–water partition coefficient (Wildman–Crippen LogP) is 0.849. The molecule has 0 heterocycles. The normalized spacial score (nSPS) is 12.4. The van der Waals surface area contributed by atoms with Crippen LogP contribution in [0.5, 0.6) is 0 Å². The maximum Gasteiger partial charge on any atom is 0.326 e. The average Bonchev–Trinajstić information content (AvgIpc) is 2.37. The number of carboxylic acid groups (broad SMARTS) is 1. The highest BCUT2D eigenvalue weighted by molar-refractivity contribution is 7.90. The molecule has 0 radical (unpaired) electrons. The number of hydrogen-bond acceptors (Lipinski definition) is 4. The van der Waals surface area contributed by atoms with Crippen LogP contribution in [0.1, 0.15) is 16.8 Å². The molecular formula is C13H15NO5S. The van der Waals surface area contributed by atoms with Crippen LogP contribution >= 0.6 is 0 Å². The first-order valence-corrected chi connectivity index (χ1v) is 7.59. The Morgan fingerprint density at radius 2 is 1.90 bits per heavy atom. The fourth-order valence-corrected chi connectivity index (χ4v) is 2.11. The zero-order valence-corrected chi connectivity index (χ0v) is 11.7. The monoisotopic (exact) mass is 297 g/mol. The summed E-state index contributed by atoms with van der Waals surface area (Å²) in [5.74, 6) is -1.75. The average molecular weight is 297 g/mol. The van der Waals surface area contributed by atoms with Gasteiger partial charge in [-0.25, -0.2) is 13.2 Å². The van der Waals surface area contributed by atoms with Crippen molar-refractivity contribution in [3.05, 3.63) is 42.5 Å². The van der Waals surface area contributed by atoms with E-state index in [1.54, 1.807) is 0 Å². The summed E-state index contributed by atoms with van der Waals surface area (Å²) in [5.41, 5.74) is 0.188. The Hall–Kier alpha value is -2.15. The molecule has 108 valence electrons. The fraction of sp³-hybridized carbons (Fsp3) is 0.231. The topological polar surface area (TPSA) is 101 Å². The second kappa shape index (κ2) is 6.33. The van der Waals surface area contributed by atoms with Gasteiger partial charge in [-0.05, 0) is 30.7 Å². The van der Waals surface area contributed by atoms with Crippen molar-refractivity contribution in [3.8, 4) is 0 Å².